The summed E-state index contributed by atoms with van der Waals surface area (Å²) in [6.45, 7) is 4.87. The number of aliphatic hydroxyl groups excluding tert-OH is 6. The van der Waals surface area contributed by atoms with Gasteiger partial charge in [-0.2, -0.15) is 0 Å². The molecule has 0 heterocycles. The highest BCUT2D eigenvalue weighted by Crippen LogP contribution is 2.15. The summed E-state index contributed by atoms with van der Waals surface area (Å²) in [5, 5.41) is 55.2. The van der Waals surface area contributed by atoms with Crippen molar-refractivity contribution in [3.63, 3.8) is 0 Å². The maximum Gasteiger partial charge on any atom is 0.333 e. The zero-order valence-electron chi connectivity index (χ0n) is 14.8. The maximum absolute atomic E-state index is 11.0. The minimum absolute atomic E-state index is 0.229. The van der Waals surface area contributed by atoms with Crippen molar-refractivity contribution < 1.29 is 45.0 Å². The maximum atomic E-state index is 11.0. The molecule has 0 atom stereocenters. The third kappa shape index (κ3) is 9.04. The number of nitrogens with one attached hydrogen (secondary N) is 1. The van der Waals surface area contributed by atoms with E-state index in [9.17, 15) is 9.59 Å². The molecule has 0 aliphatic carbocycles. The quantitative estimate of drug-likeness (QED) is 0.146. The van der Waals surface area contributed by atoms with E-state index in [2.05, 4.69) is 18.5 Å². The first-order valence-corrected chi connectivity index (χ1v) is 7.57. The molecule has 10 heteroatoms. The molecule has 10 nitrogen and oxygen atoms in total. The van der Waals surface area contributed by atoms with E-state index in [-0.39, 0.29) is 12.2 Å². The van der Waals surface area contributed by atoms with Crippen LogP contribution in [0.2, 0.25) is 0 Å². The molecule has 0 aromatic rings. The Labute approximate surface area is 152 Å². The van der Waals surface area contributed by atoms with Crippen molar-refractivity contribution in [1.82, 2.24) is 5.32 Å². The third-order valence-electron chi connectivity index (χ3n) is 3.35. The van der Waals surface area contributed by atoms with Crippen molar-refractivity contribution in [2.75, 3.05) is 46.2 Å². The van der Waals surface area contributed by atoms with Gasteiger partial charge in [0.05, 0.1) is 45.1 Å². The van der Waals surface area contributed by atoms with Crippen LogP contribution < -0.4 is 5.32 Å². The van der Waals surface area contributed by atoms with E-state index in [0.29, 0.717) is 0 Å². The summed E-state index contributed by atoms with van der Waals surface area (Å²) < 4.78 is 4.72. The molecule has 0 radical (unpaired) electrons. The van der Waals surface area contributed by atoms with E-state index in [1.54, 1.807) is 0 Å². The second kappa shape index (κ2) is 13.4. The number of rotatable bonds is 11. The Morgan fingerprint density at radius 2 is 1.38 bits per heavy atom. The van der Waals surface area contributed by atoms with Gasteiger partial charge in [0.15, 0.2) is 0 Å². The highest BCUT2D eigenvalue weighted by Gasteiger charge is 2.30. The van der Waals surface area contributed by atoms with E-state index in [4.69, 9.17) is 35.4 Å². The van der Waals surface area contributed by atoms with E-state index in [1.807, 2.05) is 0 Å². The molecule has 0 spiro atoms. The Hall–Kier alpha value is -1.82. The average molecular weight is 379 g/mol. The molecule has 0 aliphatic heterocycles. The Morgan fingerprint density at radius 1 is 0.962 bits per heavy atom. The van der Waals surface area contributed by atoms with Gasteiger partial charge in [0.1, 0.15) is 12.1 Å². The van der Waals surface area contributed by atoms with Gasteiger partial charge < -0.3 is 40.7 Å². The van der Waals surface area contributed by atoms with Gasteiger partial charge >= 0.3 is 5.97 Å². The summed E-state index contributed by atoms with van der Waals surface area (Å²) in [5.74, 6) is -1.16. The monoisotopic (exact) mass is 379 g/mol. The van der Waals surface area contributed by atoms with Crippen molar-refractivity contribution in [1.29, 1.82) is 0 Å². The second-order valence-electron chi connectivity index (χ2n) is 5.78. The summed E-state index contributed by atoms with van der Waals surface area (Å²) in [5.41, 5.74) is -2.30. The van der Waals surface area contributed by atoms with Crippen molar-refractivity contribution in [3.05, 3.63) is 24.8 Å². The predicted octanol–water partition coefficient (Wildman–Crippen LogP) is -2.93. The fraction of sp³-hybridized carbons (Fsp3) is 0.625. The van der Waals surface area contributed by atoms with Crippen molar-refractivity contribution >= 4 is 11.9 Å². The van der Waals surface area contributed by atoms with Crippen LogP contribution >= 0.6 is 0 Å². The van der Waals surface area contributed by atoms with E-state index in [1.165, 1.54) is 6.92 Å². The first-order chi connectivity index (χ1) is 12.1. The molecule has 0 aliphatic rings. The van der Waals surface area contributed by atoms with Gasteiger partial charge in [-0.25, -0.2) is 4.79 Å². The minimum Gasteiger partial charge on any atom is -0.461 e. The molecular weight excluding hydrogens is 350 g/mol. The highest BCUT2D eigenvalue weighted by atomic mass is 16.5. The molecule has 26 heavy (non-hydrogen) atoms. The van der Waals surface area contributed by atoms with Crippen molar-refractivity contribution in [2.24, 2.45) is 5.41 Å². The summed E-state index contributed by atoms with van der Waals surface area (Å²) >= 11 is 0. The Morgan fingerprint density at radius 3 is 1.65 bits per heavy atom. The Kier molecular flexibility index (Phi) is 13.6. The number of carbonyl (C=O) groups excluding carboxylic acids is 2. The number of hydrogen-bond acceptors (Lipinski definition) is 9. The van der Waals surface area contributed by atoms with Crippen LogP contribution in [0, 0.1) is 5.41 Å². The Bertz CT molecular complexity index is 440. The molecule has 0 fully saturated rings. The molecule has 0 bridgehead atoms. The standard InChI is InChI=1S/C9H16O5.C7H13NO4/c1-7(2)8(13)14-6-9(3-10,4-11)5-12;1-2-6(12)8-7(3-9,4-10)5-11/h10-12H,1,3-6H2,2H3;2,9-11H,1,3-5H2,(H,8,12). The van der Waals surface area contributed by atoms with Gasteiger partial charge in [0.2, 0.25) is 5.91 Å². The fourth-order valence-corrected chi connectivity index (χ4v) is 1.21. The molecule has 0 aromatic carbocycles. The van der Waals surface area contributed by atoms with Crippen LogP contribution in [0.5, 0.6) is 0 Å². The van der Waals surface area contributed by atoms with E-state index >= 15 is 0 Å². The molecule has 152 valence electrons. The molecule has 0 aromatic heterocycles. The van der Waals surface area contributed by atoms with Crippen molar-refractivity contribution in [3.8, 4) is 0 Å². The summed E-state index contributed by atoms with van der Waals surface area (Å²) in [6.07, 6.45) is 0.996. The molecule has 0 rings (SSSR count). The minimum atomic E-state index is -1.36. The van der Waals surface area contributed by atoms with Crippen LogP contribution in [0.3, 0.4) is 0 Å². The van der Waals surface area contributed by atoms with Crippen LogP contribution in [0.4, 0.5) is 0 Å². The molecule has 0 saturated carbocycles. The van der Waals surface area contributed by atoms with Gasteiger partial charge in [-0.1, -0.05) is 13.2 Å². The largest absolute Gasteiger partial charge is 0.461 e. The number of aliphatic hydroxyl groups is 6. The zero-order valence-corrected chi connectivity index (χ0v) is 14.8. The first kappa shape index (κ1) is 26.4. The second-order valence-corrected chi connectivity index (χ2v) is 5.78. The lowest BCUT2D eigenvalue weighted by molar-refractivity contribution is -0.146. The van der Waals surface area contributed by atoms with Gasteiger partial charge in [-0.15, -0.1) is 0 Å². The van der Waals surface area contributed by atoms with Crippen LogP contribution in [-0.4, -0.2) is 94.3 Å². The number of esters is 1. The lowest BCUT2D eigenvalue weighted by Gasteiger charge is -2.27. The molecular formula is C16H29NO9. The van der Waals surface area contributed by atoms with Crippen LogP contribution in [0.15, 0.2) is 24.8 Å². The number of ether oxygens (including phenoxy) is 1. The van der Waals surface area contributed by atoms with Gasteiger partial charge in [-0.3, -0.25) is 4.79 Å². The summed E-state index contributed by atoms with van der Waals surface area (Å²) in [6, 6.07) is 0. The SMILES string of the molecule is C=C(C)C(=O)OCC(CO)(CO)CO.C=CC(=O)NC(CO)(CO)CO. The van der Waals surface area contributed by atoms with E-state index in [0.717, 1.165) is 6.08 Å². The fourth-order valence-electron chi connectivity index (χ4n) is 1.21. The Balaban J connectivity index is 0. The van der Waals surface area contributed by atoms with Gasteiger partial charge in [0.25, 0.3) is 0 Å². The first-order valence-electron chi connectivity index (χ1n) is 7.57. The normalized spacial score (nSPS) is 11.0. The predicted molar refractivity (Wildman–Crippen MR) is 91.8 cm³/mol. The number of amides is 1. The smallest absolute Gasteiger partial charge is 0.333 e. The number of hydrogen-bond donors (Lipinski definition) is 7. The molecule has 7 N–H and O–H groups in total. The summed E-state index contributed by atoms with van der Waals surface area (Å²) in [7, 11) is 0. The number of carbonyl (C=O) groups is 2. The van der Waals surface area contributed by atoms with Crippen LogP contribution in [0.1, 0.15) is 6.92 Å². The molecule has 0 saturated heterocycles. The lowest BCUT2D eigenvalue weighted by Crippen LogP contribution is -2.56. The van der Waals surface area contributed by atoms with Crippen LogP contribution in [0.25, 0.3) is 0 Å². The zero-order chi connectivity index (χ0) is 20.8. The van der Waals surface area contributed by atoms with Crippen LogP contribution in [-0.2, 0) is 14.3 Å². The molecule has 0 unspecified atom stereocenters. The van der Waals surface area contributed by atoms with Gasteiger partial charge in [0, 0.05) is 5.57 Å². The van der Waals surface area contributed by atoms with E-state index < -0.39 is 62.5 Å². The highest BCUT2D eigenvalue weighted by molar-refractivity contribution is 5.87. The lowest BCUT2D eigenvalue weighted by atomic mass is 9.93. The summed E-state index contributed by atoms with van der Waals surface area (Å²) in [4.78, 5) is 21.7. The average Bonchev–Trinajstić information content (AvgIpc) is 2.67. The topological polar surface area (TPSA) is 177 Å². The molecule has 1 amide bonds. The van der Waals surface area contributed by atoms with Gasteiger partial charge in [-0.05, 0) is 13.0 Å². The third-order valence-corrected chi connectivity index (χ3v) is 3.35. The van der Waals surface area contributed by atoms with Crippen molar-refractivity contribution in [2.45, 2.75) is 12.5 Å².